The zero-order valence-electron chi connectivity index (χ0n) is 15.1. The van der Waals surface area contributed by atoms with Crippen LogP contribution in [0.4, 0.5) is 0 Å². The molecule has 0 saturated carbocycles. The molecule has 0 aliphatic carbocycles. The van der Waals surface area contributed by atoms with E-state index in [0.29, 0.717) is 25.4 Å². The van der Waals surface area contributed by atoms with Gasteiger partial charge in [0.25, 0.3) is 5.91 Å². The van der Waals surface area contributed by atoms with Crippen molar-refractivity contribution in [3.63, 3.8) is 0 Å². The standard InChI is InChI=1S/C22H23N3O2/c23-12-13-25(15-17-6-2-1-3-7-17)22(26)16-27-21-11-10-18(14-24)19-8-4-5-9-20(19)21/h1-11,14,24H,12-13,15-16,23H2. The first kappa shape index (κ1) is 18.6. The largest absolute Gasteiger partial charge is 0.483 e. The fraction of sp³-hybridized carbons (Fsp3) is 0.182. The van der Waals surface area contributed by atoms with E-state index in [9.17, 15) is 4.79 Å². The van der Waals surface area contributed by atoms with E-state index in [1.165, 1.54) is 6.21 Å². The summed E-state index contributed by atoms with van der Waals surface area (Å²) in [7, 11) is 0. The summed E-state index contributed by atoms with van der Waals surface area (Å²) in [6.07, 6.45) is 1.32. The van der Waals surface area contributed by atoms with Crippen molar-refractivity contribution in [3.05, 3.63) is 77.9 Å². The molecular weight excluding hydrogens is 338 g/mol. The molecule has 0 atom stereocenters. The first-order valence-corrected chi connectivity index (χ1v) is 8.89. The van der Waals surface area contributed by atoms with Crippen LogP contribution in [0.15, 0.2) is 66.7 Å². The van der Waals surface area contributed by atoms with E-state index in [4.69, 9.17) is 15.9 Å². The third kappa shape index (κ3) is 4.51. The Morgan fingerprint density at radius 1 is 1.00 bits per heavy atom. The number of amides is 1. The van der Waals surface area contributed by atoms with E-state index in [2.05, 4.69) is 0 Å². The lowest BCUT2D eigenvalue weighted by atomic mass is 10.0. The van der Waals surface area contributed by atoms with Crippen molar-refractivity contribution in [1.29, 1.82) is 5.41 Å². The predicted octanol–water partition coefficient (Wildman–Crippen LogP) is 3.20. The Morgan fingerprint density at radius 2 is 1.70 bits per heavy atom. The molecule has 0 aromatic heterocycles. The number of hydrogen-bond donors (Lipinski definition) is 2. The third-order valence-corrected chi connectivity index (χ3v) is 4.39. The molecule has 138 valence electrons. The molecule has 0 fully saturated rings. The molecule has 0 aliphatic heterocycles. The van der Waals surface area contributed by atoms with Gasteiger partial charge in [-0.2, -0.15) is 0 Å². The maximum absolute atomic E-state index is 12.7. The van der Waals surface area contributed by atoms with Gasteiger partial charge in [0.15, 0.2) is 6.61 Å². The van der Waals surface area contributed by atoms with Crippen LogP contribution in [0.3, 0.4) is 0 Å². The van der Waals surface area contributed by atoms with E-state index < -0.39 is 0 Å². The topological polar surface area (TPSA) is 79.4 Å². The van der Waals surface area contributed by atoms with Gasteiger partial charge >= 0.3 is 0 Å². The van der Waals surface area contributed by atoms with Gasteiger partial charge in [0.1, 0.15) is 5.75 Å². The van der Waals surface area contributed by atoms with E-state index in [-0.39, 0.29) is 12.5 Å². The minimum atomic E-state index is -0.107. The van der Waals surface area contributed by atoms with E-state index >= 15 is 0 Å². The molecule has 0 spiro atoms. The van der Waals surface area contributed by atoms with Crippen molar-refractivity contribution in [2.45, 2.75) is 6.54 Å². The van der Waals surface area contributed by atoms with Gasteiger partial charge in [-0.05, 0) is 23.1 Å². The monoisotopic (exact) mass is 361 g/mol. The van der Waals surface area contributed by atoms with Crippen molar-refractivity contribution >= 4 is 22.9 Å². The Bertz CT molecular complexity index is 925. The van der Waals surface area contributed by atoms with Crippen LogP contribution in [0.25, 0.3) is 10.8 Å². The molecule has 0 aliphatic rings. The van der Waals surface area contributed by atoms with Crippen molar-refractivity contribution < 1.29 is 9.53 Å². The van der Waals surface area contributed by atoms with Crippen LogP contribution in [0.2, 0.25) is 0 Å². The number of nitrogens with zero attached hydrogens (tertiary/aromatic N) is 1. The Labute approximate surface area is 158 Å². The van der Waals surface area contributed by atoms with Gasteiger partial charge in [0.05, 0.1) is 0 Å². The van der Waals surface area contributed by atoms with Crippen molar-refractivity contribution in [3.8, 4) is 5.75 Å². The number of ether oxygens (including phenoxy) is 1. The Hall–Kier alpha value is -3.18. The second-order valence-corrected chi connectivity index (χ2v) is 6.22. The van der Waals surface area contributed by atoms with Gasteiger partial charge < -0.3 is 20.8 Å². The fourth-order valence-corrected chi connectivity index (χ4v) is 3.03. The molecular formula is C22H23N3O2. The summed E-state index contributed by atoms with van der Waals surface area (Å²) in [5.74, 6) is 0.529. The summed E-state index contributed by atoms with van der Waals surface area (Å²) in [6.45, 7) is 1.33. The van der Waals surface area contributed by atoms with Crippen molar-refractivity contribution in [1.82, 2.24) is 4.90 Å². The van der Waals surface area contributed by atoms with Crippen molar-refractivity contribution in [2.24, 2.45) is 5.73 Å². The lowest BCUT2D eigenvalue weighted by molar-refractivity contribution is -0.133. The Kier molecular flexibility index (Phi) is 6.18. The molecule has 3 N–H and O–H groups in total. The highest BCUT2D eigenvalue weighted by Gasteiger charge is 2.15. The molecule has 5 heteroatoms. The van der Waals surface area contributed by atoms with Crippen LogP contribution >= 0.6 is 0 Å². The normalized spacial score (nSPS) is 10.6. The molecule has 27 heavy (non-hydrogen) atoms. The van der Waals surface area contributed by atoms with Crippen LogP contribution in [0.5, 0.6) is 5.75 Å². The number of nitrogens with one attached hydrogen (secondary N) is 1. The van der Waals surface area contributed by atoms with Crippen molar-refractivity contribution in [2.75, 3.05) is 19.7 Å². The minimum absolute atomic E-state index is 0.0548. The average molecular weight is 361 g/mol. The predicted molar refractivity (Wildman–Crippen MR) is 108 cm³/mol. The smallest absolute Gasteiger partial charge is 0.260 e. The lowest BCUT2D eigenvalue weighted by Crippen LogP contribution is -2.38. The summed E-state index contributed by atoms with van der Waals surface area (Å²) in [5, 5.41) is 9.36. The SMILES string of the molecule is N=Cc1ccc(OCC(=O)N(CCN)Cc2ccccc2)c2ccccc12. The van der Waals surface area contributed by atoms with Crippen LogP contribution in [0, 0.1) is 5.41 Å². The van der Waals surface area contributed by atoms with Crippen LogP contribution in [-0.4, -0.2) is 36.7 Å². The molecule has 3 rings (SSSR count). The number of fused-ring (bicyclic) bond motifs is 1. The second kappa shape index (κ2) is 8.96. The van der Waals surface area contributed by atoms with Gasteiger partial charge in [-0.1, -0.05) is 54.6 Å². The number of benzene rings is 3. The third-order valence-electron chi connectivity index (χ3n) is 4.39. The number of nitrogens with two attached hydrogens (primary N) is 1. The molecule has 0 radical (unpaired) electrons. The summed E-state index contributed by atoms with van der Waals surface area (Å²) in [4.78, 5) is 14.4. The molecule has 0 saturated heterocycles. The number of carbonyl (C=O) groups is 1. The minimum Gasteiger partial charge on any atom is -0.483 e. The number of hydrogen-bond acceptors (Lipinski definition) is 4. The summed E-state index contributed by atoms with van der Waals surface area (Å²) in [6, 6.07) is 21.2. The molecule has 1 amide bonds. The second-order valence-electron chi connectivity index (χ2n) is 6.22. The quantitative estimate of drug-likeness (QED) is 0.605. The average Bonchev–Trinajstić information content (AvgIpc) is 2.72. The van der Waals surface area contributed by atoms with Crippen LogP contribution < -0.4 is 10.5 Å². The maximum Gasteiger partial charge on any atom is 0.260 e. The summed E-state index contributed by atoms with van der Waals surface area (Å²) < 4.78 is 5.84. The number of rotatable bonds is 8. The molecule has 5 nitrogen and oxygen atoms in total. The zero-order chi connectivity index (χ0) is 19.1. The van der Waals surface area contributed by atoms with Crippen LogP contribution in [0.1, 0.15) is 11.1 Å². The molecule has 0 unspecified atom stereocenters. The summed E-state index contributed by atoms with van der Waals surface area (Å²) >= 11 is 0. The fourth-order valence-electron chi connectivity index (χ4n) is 3.03. The lowest BCUT2D eigenvalue weighted by Gasteiger charge is -2.22. The highest BCUT2D eigenvalue weighted by Crippen LogP contribution is 2.27. The van der Waals surface area contributed by atoms with E-state index in [1.54, 1.807) is 11.0 Å². The highest BCUT2D eigenvalue weighted by atomic mass is 16.5. The van der Waals surface area contributed by atoms with E-state index in [1.807, 2.05) is 60.7 Å². The Balaban J connectivity index is 1.74. The van der Waals surface area contributed by atoms with Gasteiger partial charge in [0, 0.05) is 36.8 Å². The maximum atomic E-state index is 12.7. The van der Waals surface area contributed by atoms with E-state index in [0.717, 1.165) is 21.9 Å². The Morgan fingerprint density at radius 3 is 2.41 bits per heavy atom. The first-order chi connectivity index (χ1) is 13.2. The van der Waals surface area contributed by atoms with Gasteiger partial charge in [0.2, 0.25) is 0 Å². The molecule has 3 aromatic carbocycles. The first-order valence-electron chi connectivity index (χ1n) is 8.89. The highest BCUT2D eigenvalue weighted by molar-refractivity contribution is 6.01. The zero-order valence-corrected chi connectivity index (χ0v) is 15.1. The van der Waals surface area contributed by atoms with Gasteiger partial charge in [-0.15, -0.1) is 0 Å². The summed E-state index contributed by atoms with van der Waals surface area (Å²) in [5.41, 5.74) is 7.55. The van der Waals surface area contributed by atoms with Gasteiger partial charge in [-0.3, -0.25) is 4.79 Å². The molecule has 0 bridgehead atoms. The molecule has 0 heterocycles. The molecule has 3 aromatic rings. The van der Waals surface area contributed by atoms with Gasteiger partial charge in [-0.25, -0.2) is 0 Å². The number of carbonyl (C=O) groups excluding carboxylic acids is 1. The van der Waals surface area contributed by atoms with Crippen LogP contribution in [-0.2, 0) is 11.3 Å².